The van der Waals surface area contributed by atoms with Crippen LogP contribution in [0.4, 0.5) is 4.79 Å². The summed E-state index contributed by atoms with van der Waals surface area (Å²) in [6, 6.07) is 1.59. The molecule has 4 nitrogen and oxygen atoms in total. The van der Waals surface area contributed by atoms with Gasteiger partial charge in [-0.25, -0.2) is 4.79 Å². The van der Waals surface area contributed by atoms with E-state index in [0.29, 0.717) is 6.04 Å². The van der Waals surface area contributed by atoms with Crippen LogP contribution in [-0.4, -0.2) is 29.3 Å². The number of amides is 1. The lowest BCUT2D eigenvalue weighted by Gasteiger charge is -2.29. The van der Waals surface area contributed by atoms with Crippen LogP contribution in [0.25, 0.3) is 0 Å². The highest BCUT2D eigenvalue weighted by Crippen LogP contribution is 2.24. The van der Waals surface area contributed by atoms with Gasteiger partial charge in [-0.05, 0) is 38.5 Å². The van der Waals surface area contributed by atoms with Crippen molar-refractivity contribution in [2.75, 3.05) is 0 Å². The summed E-state index contributed by atoms with van der Waals surface area (Å²) in [6.07, 6.45) is 5.96. The van der Waals surface area contributed by atoms with Crippen LogP contribution < -0.4 is 10.6 Å². The normalized spacial score (nSPS) is 32.6. The van der Waals surface area contributed by atoms with Crippen LogP contribution in [0, 0.1) is 0 Å². The average molecular weight is 198 g/mol. The highest BCUT2D eigenvalue weighted by molar-refractivity contribution is 5.64. The van der Waals surface area contributed by atoms with Crippen LogP contribution >= 0.6 is 0 Å². The second-order valence-corrected chi connectivity index (χ2v) is 4.44. The SMILES string of the molecule is O=C(O)NC1CCC(NC2CC2)CC1. The Morgan fingerprint density at radius 2 is 1.36 bits per heavy atom. The molecule has 0 aromatic rings. The fourth-order valence-electron chi connectivity index (χ4n) is 2.16. The summed E-state index contributed by atoms with van der Waals surface area (Å²) in [6.45, 7) is 0. The predicted molar refractivity (Wildman–Crippen MR) is 53.4 cm³/mol. The molecule has 2 rings (SSSR count). The monoisotopic (exact) mass is 198 g/mol. The lowest BCUT2D eigenvalue weighted by molar-refractivity contribution is 0.183. The van der Waals surface area contributed by atoms with E-state index in [2.05, 4.69) is 10.6 Å². The van der Waals surface area contributed by atoms with Crippen molar-refractivity contribution >= 4 is 6.09 Å². The van der Waals surface area contributed by atoms with Crippen LogP contribution in [0.5, 0.6) is 0 Å². The molecule has 2 aliphatic carbocycles. The van der Waals surface area contributed by atoms with Crippen LogP contribution in [0.3, 0.4) is 0 Å². The third-order valence-corrected chi connectivity index (χ3v) is 3.10. The molecular weight excluding hydrogens is 180 g/mol. The number of carboxylic acid groups (broad SMARTS) is 1. The van der Waals surface area contributed by atoms with Crippen molar-refractivity contribution in [1.82, 2.24) is 10.6 Å². The molecule has 3 N–H and O–H groups in total. The molecular formula is C10H18N2O2. The molecule has 1 amide bonds. The number of hydrogen-bond acceptors (Lipinski definition) is 2. The van der Waals surface area contributed by atoms with E-state index in [0.717, 1.165) is 31.7 Å². The quantitative estimate of drug-likeness (QED) is 0.641. The van der Waals surface area contributed by atoms with Crippen molar-refractivity contribution in [2.24, 2.45) is 0 Å². The summed E-state index contributed by atoms with van der Waals surface area (Å²) < 4.78 is 0. The fraction of sp³-hybridized carbons (Fsp3) is 0.900. The Morgan fingerprint density at radius 1 is 0.929 bits per heavy atom. The molecule has 0 atom stereocenters. The van der Waals surface area contributed by atoms with Crippen LogP contribution in [0.15, 0.2) is 0 Å². The molecule has 2 aliphatic rings. The molecule has 80 valence electrons. The Hall–Kier alpha value is -0.770. The first-order valence-electron chi connectivity index (χ1n) is 5.49. The molecule has 0 spiro atoms. The number of carbonyl (C=O) groups is 1. The molecule has 0 radical (unpaired) electrons. The van der Waals surface area contributed by atoms with Gasteiger partial charge in [-0.15, -0.1) is 0 Å². The average Bonchev–Trinajstić information content (AvgIpc) is 2.91. The minimum Gasteiger partial charge on any atom is -0.465 e. The molecule has 0 heterocycles. The van der Waals surface area contributed by atoms with E-state index >= 15 is 0 Å². The van der Waals surface area contributed by atoms with E-state index in [1.807, 2.05) is 0 Å². The van der Waals surface area contributed by atoms with Crippen LogP contribution in [-0.2, 0) is 0 Å². The molecule has 0 saturated heterocycles. The third kappa shape index (κ3) is 2.87. The molecule has 2 fully saturated rings. The van der Waals surface area contributed by atoms with E-state index in [1.165, 1.54) is 12.8 Å². The van der Waals surface area contributed by atoms with Crippen molar-refractivity contribution < 1.29 is 9.90 Å². The van der Waals surface area contributed by atoms with Crippen LogP contribution in [0.1, 0.15) is 38.5 Å². The Bertz CT molecular complexity index is 208. The Labute approximate surface area is 84.1 Å². The molecule has 4 heteroatoms. The van der Waals surface area contributed by atoms with Crippen LogP contribution in [0.2, 0.25) is 0 Å². The van der Waals surface area contributed by atoms with Gasteiger partial charge >= 0.3 is 6.09 Å². The molecule has 0 aromatic heterocycles. The van der Waals surface area contributed by atoms with Gasteiger partial charge in [-0.2, -0.15) is 0 Å². The van der Waals surface area contributed by atoms with Gasteiger partial charge in [0.05, 0.1) is 0 Å². The minimum absolute atomic E-state index is 0.185. The fourth-order valence-corrected chi connectivity index (χ4v) is 2.16. The van der Waals surface area contributed by atoms with Gasteiger partial charge in [-0.1, -0.05) is 0 Å². The van der Waals surface area contributed by atoms with Gasteiger partial charge in [0, 0.05) is 18.1 Å². The highest BCUT2D eigenvalue weighted by Gasteiger charge is 2.28. The van der Waals surface area contributed by atoms with E-state index in [1.54, 1.807) is 0 Å². The van der Waals surface area contributed by atoms with Gasteiger partial charge in [0.25, 0.3) is 0 Å². The number of hydrogen-bond donors (Lipinski definition) is 3. The van der Waals surface area contributed by atoms with E-state index in [4.69, 9.17) is 5.11 Å². The molecule has 14 heavy (non-hydrogen) atoms. The van der Waals surface area contributed by atoms with Crippen molar-refractivity contribution in [3.8, 4) is 0 Å². The summed E-state index contributed by atoms with van der Waals surface area (Å²) in [5.41, 5.74) is 0. The molecule has 0 bridgehead atoms. The van der Waals surface area contributed by atoms with Crippen molar-refractivity contribution in [3.05, 3.63) is 0 Å². The van der Waals surface area contributed by atoms with E-state index < -0.39 is 6.09 Å². The van der Waals surface area contributed by atoms with Gasteiger partial charge in [0.2, 0.25) is 0 Å². The maximum absolute atomic E-state index is 10.4. The third-order valence-electron chi connectivity index (χ3n) is 3.10. The zero-order chi connectivity index (χ0) is 9.97. The highest BCUT2D eigenvalue weighted by atomic mass is 16.4. The summed E-state index contributed by atoms with van der Waals surface area (Å²) in [5, 5.41) is 14.7. The lowest BCUT2D eigenvalue weighted by Crippen LogP contribution is -2.42. The molecule has 0 aliphatic heterocycles. The summed E-state index contributed by atoms with van der Waals surface area (Å²) >= 11 is 0. The second kappa shape index (κ2) is 4.17. The smallest absolute Gasteiger partial charge is 0.404 e. The summed E-state index contributed by atoms with van der Waals surface area (Å²) in [7, 11) is 0. The maximum Gasteiger partial charge on any atom is 0.404 e. The maximum atomic E-state index is 10.4. The van der Waals surface area contributed by atoms with E-state index in [-0.39, 0.29) is 6.04 Å². The summed E-state index contributed by atoms with van der Waals surface area (Å²) in [4.78, 5) is 10.4. The Balaban J connectivity index is 1.66. The zero-order valence-electron chi connectivity index (χ0n) is 8.33. The van der Waals surface area contributed by atoms with Crippen molar-refractivity contribution in [2.45, 2.75) is 56.7 Å². The first-order chi connectivity index (χ1) is 6.74. The van der Waals surface area contributed by atoms with E-state index in [9.17, 15) is 4.79 Å². The molecule has 0 unspecified atom stereocenters. The molecule has 0 aromatic carbocycles. The zero-order valence-corrected chi connectivity index (χ0v) is 8.33. The minimum atomic E-state index is -0.886. The number of rotatable bonds is 3. The summed E-state index contributed by atoms with van der Waals surface area (Å²) in [5.74, 6) is 0. The predicted octanol–water partition coefficient (Wildman–Crippen LogP) is 1.32. The van der Waals surface area contributed by atoms with Gasteiger partial charge in [-0.3, -0.25) is 0 Å². The largest absolute Gasteiger partial charge is 0.465 e. The Morgan fingerprint density at radius 3 is 1.79 bits per heavy atom. The van der Waals surface area contributed by atoms with Crippen molar-refractivity contribution in [3.63, 3.8) is 0 Å². The van der Waals surface area contributed by atoms with Gasteiger partial charge < -0.3 is 15.7 Å². The van der Waals surface area contributed by atoms with Gasteiger partial charge in [0.1, 0.15) is 0 Å². The second-order valence-electron chi connectivity index (χ2n) is 4.44. The Kier molecular flexibility index (Phi) is 2.91. The molecule has 2 saturated carbocycles. The number of nitrogens with one attached hydrogen (secondary N) is 2. The topological polar surface area (TPSA) is 61.4 Å². The first kappa shape index (κ1) is 9.77. The lowest BCUT2D eigenvalue weighted by atomic mass is 9.91. The van der Waals surface area contributed by atoms with Gasteiger partial charge in [0.15, 0.2) is 0 Å². The van der Waals surface area contributed by atoms with Crippen molar-refractivity contribution in [1.29, 1.82) is 0 Å². The standard InChI is InChI=1S/C10H18N2O2/c13-10(14)12-9-5-3-8(4-6-9)11-7-1-2-7/h7-9,11-12H,1-6H2,(H,13,14). The first-order valence-corrected chi connectivity index (χ1v) is 5.49.